The van der Waals surface area contributed by atoms with Gasteiger partial charge in [-0.25, -0.2) is 9.59 Å². The second kappa shape index (κ2) is 12.8. The van der Waals surface area contributed by atoms with Crippen molar-refractivity contribution in [3.63, 3.8) is 0 Å². The summed E-state index contributed by atoms with van der Waals surface area (Å²) in [5, 5.41) is 0. The zero-order valence-electron chi connectivity index (χ0n) is 10.3. The predicted octanol–water partition coefficient (Wildman–Crippen LogP) is 0.861. The Hall–Kier alpha value is -0.257. The van der Waals surface area contributed by atoms with Crippen LogP contribution < -0.4 is 0 Å². The molecule has 1 aliphatic rings. The van der Waals surface area contributed by atoms with Gasteiger partial charge in [0, 0.05) is 0 Å². The van der Waals surface area contributed by atoms with Gasteiger partial charge in [0.2, 0.25) is 0 Å². The number of rotatable bonds is 2. The van der Waals surface area contributed by atoms with E-state index < -0.39 is 11.9 Å². The molecule has 0 heterocycles. The monoisotopic (exact) mass is 386 g/mol. The fraction of sp³-hybridized carbons (Fsp3) is 0.167. The molecule has 7 heteroatoms. The van der Waals surface area contributed by atoms with Crippen LogP contribution in [0, 0.1) is 38.5 Å². The van der Waals surface area contributed by atoms with Gasteiger partial charge < -0.3 is 34.7 Å². The van der Waals surface area contributed by atoms with Gasteiger partial charge >= 0.3 is 31.4 Å². The Morgan fingerprint density at radius 3 is 1.11 bits per heavy atom. The van der Waals surface area contributed by atoms with Crippen molar-refractivity contribution < 1.29 is 38.5 Å². The van der Waals surface area contributed by atoms with Gasteiger partial charge in [-0.05, 0) is 38.5 Å². The minimum absolute atomic E-state index is 0. The third-order valence-corrected chi connectivity index (χ3v) is 2.49. The van der Waals surface area contributed by atoms with Crippen molar-refractivity contribution in [2.24, 2.45) is 0 Å². The third kappa shape index (κ3) is 9.30. The Balaban J connectivity index is 0. The molecule has 0 amide bonds. The number of esters is 2. The summed E-state index contributed by atoms with van der Waals surface area (Å²) in [6.07, 6.45) is 12.0. The molecule has 0 aromatic carbocycles. The number of carbonyl (C=O) groups is 2. The van der Waals surface area contributed by atoms with Crippen LogP contribution >= 0.6 is 0 Å². The van der Waals surface area contributed by atoms with Crippen LogP contribution in [0.3, 0.4) is 0 Å². The first kappa shape index (κ1) is 21.0. The average molecular weight is 385 g/mol. The standard InChI is InChI=1S/C6H8O4S2.C6H6.Ru/c1-9-5(7)3(11)4(12)6(8)10-2;1-2-4-6-5-3-1;/h11-12H,1-2H3;1-6H;/q;;+2/p-2/b4-3-;;. The first-order valence-electron chi connectivity index (χ1n) is 4.79. The van der Waals surface area contributed by atoms with Gasteiger partial charge in [-0.15, -0.1) is 9.81 Å². The molecule has 4 nitrogen and oxygen atoms in total. The quantitative estimate of drug-likeness (QED) is 0.304. The van der Waals surface area contributed by atoms with Gasteiger partial charge in [0.1, 0.15) is 0 Å². The summed E-state index contributed by atoms with van der Waals surface area (Å²) >= 11 is 9.05. The summed E-state index contributed by atoms with van der Waals surface area (Å²) in [4.78, 5) is 20.8. The van der Waals surface area contributed by atoms with E-state index in [1.807, 2.05) is 38.5 Å². The van der Waals surface area contributed by atoms with Crippen molar-refractivity contribution >= 4 is 37.2 Å². The second-order valence-corrected chi connectivity index (χ2v) is 3.61. The summed E-state index contributed by atoms with van der Waals surface area (Å²) in [6, 6.07) is 0. The second-order valence-electron chi connectivity index (χ2n) is 2.80. The van der Waals surface area contributed by atoms with E-state index in [0.717, 1.165) is 14.2 Å². The number of hydrogen-bond donors (Lipinski definition) is 0. The van der Waals surface area contributed by atoms with Gasteiger partial charge in [0.15, 0.2) is 0 Å². The molecule has 0 aliphatic heterocycles. The molecule has 0 unspecified atom stereocenters. The molecule has 0 aromatic heterocycles. The molecule has 1 aliphatic carbocycles. The molecule has 0 atom stereocenters. The zero-order valence-corrected chi connectivity index (χ0v) is 13.6. The Kier molecular flexibility index (Phi) is 14.1. The van der Waals surface area contributed by atoms with E-state index in [-0.39, 0.29) is 29.3 Å². The summed E-state index contributed by atoms with van der Waals surface area (Å²) in [7, 11) is 2.29. The normalized spacial score (nSPS) is 14.8. The molecular weight excluding hydrogens is 373 g/mol. The first-order chi connectivity index (χ1) is 8.54. The van der Waals surface area contributed by atoms with E-state index in [9.17, 15) is 9.59 Å². The maximum atomic E-state index is 10.7. The van der Waals surface area contributed by atoms with Gasteiger partial charge in [0.25, 0.3) is 0 Å². The maximum absolute atomic E-state index is 10.7. The van der Waals surface area contributed by atoms with Crippen LogP contribution in [0.2, 0.25) is 0 Å². The fourth-order valence-corrected chi connectivity index (χ4v) is 1.09. The van der Waals surface area contributed by atoms with Crippen molar-refractivity contribution in [2.45, 2.75) is 0 Å². The van der Waals surface area contributed by atoms with Gasteiger partial charge in [0.05, 0.1) is 14.2 Å². The first-order valence-corrected chi connectivity index (χ1v) is 5.61. The van der Waals surface area contributed by atoms with Crippen LogP contribution in [0.15, 0.2) is 9.81 Å². The van der Waals surface area contributed by atoms with Crippen molar-refractivity contribution in [2.75, 3.05) is 14.2 Å². The summed E-state index contributed by atoms with van der Waals surface area (Å²) in [6.45, 7) is 0. The molecule has 1 fully saturated rings. The van der Waals surface area contributed by atoms with Crippen molar-refractivity contribution in [3.8, 4) is 0 Å². The molecule has 0 N–H and O–H groups in total. The molecule has 0 saturated heterocycles. The predicted molar refractivity (Wildman–Crippen MR) is 71.6 cm³/mol. The number of hydrogen-bond acceptors (Lipinski definition) is 6. The summed E-state index contributed by atoms with van der Waals surface area (Å²) in [5.41, 5.74) is 0. The van der Waals surface area contributed by atoms with Gasteiger partial charge in [-0.3, -0.25) is 0 Å². The van der Waals surface area contributed by atoms with E-state index in [2.05, 4.69) is 34.7 Å². The minimum Gasteiger partial charge on any atom is -0.774 e. The number of ether oxygens (including phenoxy) is 2. The zero-order chi connectivity index (χ0) is 14.0. The van der Waals surface area contributed by atoms with Gasteiger partial charge in [-0.2, -0.15) is 0 Å². The molecular formula is C12H12O4RuS2. The maximum Gasteiger partial charge on any atom is 2.00 e. The average Bonchev–Trinajstić information content (AvgIpc) is 2.46. The molecule has 19 heavy (non-hydrogen) atoms. The van der Waals surface area contributed by atoms with Gasteiger partial charge in [-0.1, -0.05) is 0 Å². The number of carbonyl (C=O) groups excluding carboxylic acids is 2. The molecule has 104 valence electrons. The Morgan fingerprint density at radius 2 is 0.947 bits per heavy atom. The Labute approximate surface area is 138 Å². The summed E-state index contributed by atoms with van der Waals surface area (Å²) < 4.78 is 8.50. The van der Waals surface area contributed by atoms with E-state index in [0.29, 0.717) is 0 Å². The number of methoxy groups -OCH3 is 2. The Morgan fingerprint density at radius 1 is 0.737 bits per heavy atom. The molecule has 0 bridgehead atoms. The van der Waals surface area contributed by atoms with Crippen LogP contribution in [-0.4, -0.2) is 26.2 Å². The van der Waals surface area contributed by atoms with E-state index in [1.54, 1.807) is 0 Å². The largest absolute Gasteiger partial charge is 2.00 e. The molecule has 6 radical (unpaired) electrons. The fourth-order valence-electron chi connectivity index (χ4n) is 0.756. The smallest absolute Gasteiger partial charge is 0.774 e. The third-order valence-electron chi connectivity index (χ3n) is 1.61. The van der Waals surface area contributed by atoms with E-state index in [4.69, 9.17) is 0 Å². The molecule has 1 saturated carbocycles. The topological polar surface area (TPSA) is 52.6 Å². The SMILES string of the molecule is COC(=O)/C([S-])=C(/[S-])C(=O)OC.[CH]1[CH][CH][CH][CH][CH]1.[Ru+2]. The van der Waals surface area contributed by atoms with E-state index >= 15 is 0 Å². The van der Waals surface area contributed by atoms with Crippen molar-refractivity contribution in [1.82, 2.24) is 0 Å². The van der Waals surface area contributed by atoms with Crippen LogP contribution in [0.5, 0.6) is 0 Å². The van der Waals surface area contributed by atoms with Crippen LogP contribution in [0.25, 0.3) is 0 Å². The summed E-state index contributed by atoms with van der Waals surface area (Å²) in [5.74, 6) is -1.61. The van der Waals surface area contributed by atoms with Crippen molar-refractivity contribution in [3.05, 3.63) is 48.3 Å². The van der Waals surface area contributed by atoms with Crippen LogP contribution in [-0.2, 0) is 63.8 Å². The van der Waals surface area contributed by atoms with Crippen LogP contribution in [0.1, 0.15) is 0 Å². The minimum atomic E-state index is -0.805. The van der Waals surface area contributed by atoms with Crippen molar-refractivity contribution in [1.29, 1.82) is 0 Å². The molecule has 0 aromatic rings. The molecule has 0 spiro atoms. The molecule has 1 rings (SSSR count). The van der Waals surface area contributed by atoms with Crippen LogP contribution in [0.4, 0.5) is 0 Å². The Bertz CT molecular complexity index is 279. The van der Waals surface area contributed by atoms with E-state index in [1.165, 1.54) is 0 Å².